The quantitative estimate of drug-likeness (QED) is 0.910. The smallest absolute Gasteiger partial charge is 0.127 e. The molecule has 110 valence electrons. The first-order valence-electron chi connectivity index (χ1n) is 7.44. The molecule has 1 heterocycles. The maximum absolute atomic E-state index is 6.48. The molecule has 0 aromatic heterocycles. The van der Waals surface area contributed by atoms with Crippen LogP contribution in [0.15, 0.2) is 36.4 Å². The maximum atomic E-state index is 6.48. The SMILES string of the molecule is CCNC(c1ccc(C)cc1Cl)c1cccc2c1OCC2. The number of hydrogen-bond donors (Lipinski definition) is 1. The molecule has 0 spiro atoms. The Kier molecular flexibility index (Phi) is 4.18. The van der Waals surface area contributed by atoms with Crippen LogP contribution < -0.4 is 10.1 Å². The van der Waals surface area contributed by atoms with E-state index in [-0.39, 0.29) is 6.04 Å². The van der Waals surface area contributed by atoms with Gasteiger partial charge in [-0.1, -0.05) is 48.9 Å². The highest BCUT2D eigenvalue weighted by atomic mass is 35.5. The second-order valence-electron chi connectivity index (χ2n) is 5.45. The maximum Gasteiger partial charge on any atom is 0.127 e. The molecule has 1 aliphatic rings. The second kappa shape index (κ2) is 6.08. The summed E-state index contributed by atoms with van der Waals surface area (Å²) in [6, 6.07) is 12.7. The summed E-state index contributed by atoms with van der Waals surface area (Å²) in [6.45, 7) is 5.81. The molecule has 0 bridgehead atoms. The van der Waals surface area contributed by atoms with E-state index >= 15 is 0 Å². The molecule has 21 heavy (non-hydrogen) atoms. The Bertz CT molecular complexity index is 654. The molecule has 2 aromatic rings. The highest BCUT2D eigenvalue weighted by Gasteiger charge is 2.24. The highest BCUT2D eigenvalue weighted by molar-refractivity contribution is 6.31. The molecule has 1 atom stereocenters. The van der Waals surface area contributed by atoms with E-state index in [0.717, 1.165) is 35.9 Å². The van der Waals surface area contributed by atoms with E-state index in [1.807, 2.05) is 6.07 Å². The first kappa shape index (κ1) is 14.4. The number of hydrogen-bond acceptors (Lipinski definition) is 2. The van der Waals surface area contributed by atoms with E-state index in [1.54, 1.807) is 0 Å². The molecule has 0 fully saturated rings. The first-order valence-corrected chi connectivity index (χ1v) is 7.82. The Hall–Kier alpha value is -1.51. The van der Waals surface area contributed by atoms with Crippen LogP contribution in [0, 0.1) is 6.92 Å². The van der Waals surface area contributed by atoms with Crippen LogP contribution in [0.1, 0.15) is 35.2 Å². The van der Waals surface area contributed by atoms with Gasteiger partial charge in [-0.15, -0.1) is 0 Å². The zero-order valence-corrected chi connectivity index (χ0v) is 13.2. The first-order chi connectivity index (χ1) is 10.2. The van der Waals surface area contributed by atoms with Crippen molar-refractivity contribution in [2.75, 3.05) is 13.2 Å². The molecule has 2 nitrogen and oxygen atoms in total. The molecular formula is C18H20ClNO. The topological polar surface area (TPSA) is 21.3 Å². The molecule has 1 aliphatic heterocycles. The van der Waals surface area contributed by atoms with Gasteiger partial charge in [-0.2, -0.15) is 0 Å². The highest BCUT2D eigenvalue weighted by Crippen LogP contribution is 2.38. The number of benzene rings is 2. The summed E-state index contributed by atoms with van der Waals surface area (Å²) in [5.41, 5.74) is 4.75. The van der Waals surface area contributed by atoms with Crippen molar-refractivity contribution in [3.8, 4) is 5.75 Å². The van der Waals surface area contributed by atoms with E-state index in [0.29, 0.717) is 0 Å². The lowest BCUT2D eigenvalue weighted by Gasteiger charge is -2.22. The van der Waals surface area contributed by atoms with Crippen LogP contribution in [0.4, 0.5) is 0 Å². The minimum Gasteiger partial charge on any atom is -0.493 e. The lowest BCUT2D eigenvalue weighted by atomic mass is 9.95. The zero-order valence-electron chi connectivity index (χ0n) is 12.4. The lowest BCUT2D eigenvalue weighted by molar-refractivity contribution is 0.350. The van der Waals surface area contributed by atoms with E-state index < -0.39 is 0 Å². The van der Waals surface area contributed by atoms with Crippen LogP contribution in [0.25, 0.3) is 0 Å². The fourth-order valence-electron chi connectivity index (χ4n) is 2.93. The third kappa shape index (κ3) is 2.78. The van der Waals surface area contributed by atoms with Gasteiger partial charge in [0.15, 0.2) is 0 Å². The fraction of sp³-hybridized carbons (Fsp3) is 0.333. The molecular weight excluding hydrogens is 282 g/mol. The van der Waals surface area contributed by atoms with E-state index in [1.165, 1.54) is 16.7 Å². The van der Waals surface area contributed by atoms with Crippen LogP contribution in [-0.2, 0) is 6.42 Å². The van der Waals surface area contributed by atoms with Crippen LogP contribution in [-0.4, -0.2) is 13.2 Å². The average molecular weight is 302 g/mol. The van der Waals surface area contributed by atoms with Crippen molar-refractivity contribution in [3.05, 3.63) is 63.7 Å². The fourth-order valence-corrected chi connectivity index (χ4v) is 3.27. The predicted octanol–water partition coefficient (Wildman–Crippen LogP) is 4.28. The lowest BCUT2D eigenvalue weighted by Crippen LogP contribution is -2.22. The Labute approximate surface area is 131 Å². The Morgan fingerprint density at radius 3 is 2.86 bits per heavy atom. The molecule has 0 aliphatic carbocycles. The number of nitrogens with one attached hydrogen (secondary N) is 1. The van der Waals surface area contributed by atoms with Gasteiger partial charge >= 0.3 is 0 Å². The molecule has 1 unspecified atom stereocenters. The third-order valence-electron chi connectivity index (χ3n) is 3.93. The Morgan fingerprint density at radius 2 is 2.10 bits per heavy atom. The normalized spacial score (nSPS) is 14.6. The molecule has 0 saturated heterocycles. The van der Waals surface area contributed by atoms with Gasteiger partial charge < -0.3 is 10.1 Å². The molecule has 2 aromatic carbocycles. The van der Waals surface area contributed by atoms with Crippen molar-refractivity contribution >= 4 is 11.6 Å². The molecule has 0 radical (unpaired) electrons. The summed E-state index contributed by atoms with van der Waals surface area (Å²) < 4.78 is 5.86. The summed E-state index contributed by atoms with van der Waals surface area (Å²) in [5.74, 6) is 1.03. The molecule has 3 rings (SSSR count). The van der Waals surface area contributed by atoms with Gasteiger partial charge in [-0.05, 0) is 36.2 Å². The van der Waals surface area contributed by atoms with Crippen molar-refractivity contribution < 1.29 is 4.74 Å². The van der Waals surface area contributed by atoms with Gasteiger partial charge in [-0.3, -0.25) is 0 Å². The van der Waals surface area contributed by atoms with Crippen molar-refractivity contribution in [3.63, 3.8) is 0 Å². The predicted molar refractivity (Wildman–Crippen MR) is 87.3 cm³/mol. The average Bonchev–Trinajstić information content (AvgIpc) is 2.94. The van der Waals surface area contributed by atoms with Crippen LogP contribution in [0.2, 0.25) is 5.02 Å². The molecule has 1 N–H and O–H groups in total. The van der Waals surface area contributed by atoms with Crippen molar-refractivity contribution in [1.82, 2.24) is 5.32 Å². The zero-order chi connectivity index (χ0) is 14.8. The monoisotopic (exact) mass is 301 g/mol. The van der Waals surface area contributed by atoms with Gasteiger partial charge in [0.1, 0.15) is 5.75 Å². The standard InChI is InChI=1S/C18H20ClNO/c1-3-20-17(14-8-7-12(2)11-16(14)19)15-6-4-5-13-9-10-21-18(13)15/h4-8,11,17,20H,3,9-10H2,1-2H3. The second-order valence-corrected chi connectivity index (χ2v) is 5.86. The Balaban J connectivity index is 2.08. The minimum absolute atomic E-state index is 0.0659. The van der Waals surface area contributed by atoms with E-state index in [4.69, 9.17) is 16.3 Å². The summed E-state index contributed by atoms with van der Waals surface area (Å²) in [7, 11) is 0. The third-order valence-corrected chi connectivity index (χ3v) is 4.26. The molecule has 3 heteroatoms. The van der Waals surface area contributed by atoms with Gasteiger partial charge in [0, 0.05) is 17.0 Å². The number of aryl methyl sites for hydroxylation is 1. The van der Waals surface area contributed by atoms with Gasteiger partial charge in [-0.25, -0.2) is 0 Å². The number of rotatable bonds is 4. The number of para-hydroxylation sites is 1. The van der Waals surface area contributed by atoms with Gasteiger partial charge in [0.05, 0.1) is 12.6 Å². The minimum atomic E-state index is 0.0659. The van der Waals surface area contributed by atoms with E-state index in [2.05, 4.69) is 49.5 Å². The van der Waals surface area contributed by atoms with Gasteiger partial charge in [0.2, 0.25) is 0 Å². The summed E-state index contributed by atoms with van der Waals surface area (Å²) in [4.78, 5) is 0. The molecule has 0 saturated carbocycles. The number of fused-ring (bicyclic) bond motifs is 1. The number of ether oxygens (including phenoxy) is 1. The van der Waals surface area contributed by atoms with Crippen LogP contribution in [0.3, 0.4) is 0 Å². The van der Waals surface area contributed by atoms with Crippen molar-refractivity contribution in [2.24, 2.45) is 0 Å². The van der Waals surface area contributed by atoms with Gasteiger partial charge in [0.25, 0.3) is 0 Å². The molecule has 0 amide bonds. The Morgan fingerprint density at radius 1 is 1.24 bits per heavy atom. The van der Waals surface area contributed by atoms with Crippen LogP contribution >= 0.6 is 11.6 Å². The summed E-state index contributed by atoms with van der Waals surface area (Å²) in [6.07, 6.45) is 0.990. The van der Waals surface area contributed by atoms with Crippen LogP contribution in [0.5, 0.6) is 5.75 Å². The van der Waals surface area contributed by atoms with Crippen molar-refractivity contribution in [2.45, 2.75) is 26.3 Å². The largest absolute Gasteiger partial charge is 0.493 e. The summed E-state index contributed by atoms with van der Waals surface area (Å²) >= 11 is 6.48. The van der Waals surface area contributed by atoms with Crippen molar-refractivity contribution in [1.29, 1.82) is 0 Å². The summed E-state index contributed by atoms with van der Waals surface area (Å²) in [5, 5.41) is 4.34. The number of halogens is 1. The van der Waals surface area contributed by atoms with E-state index in [9.17, 15) is 0 Å².